The van der Waals surface area contributed by atoms with E-state index in [-0.39, 0.29) is 16.5 Å². The van der Waals surface area contributed by atoms with Crippen LogP contribution in [0.2, 0.25) is 0 Å². The van der Waals surface area contributed by atoms with Gasteiger partial charge in [0.25, 0.3) is 0 Å². The van der Waals surface area contributed by atoms with E-state index in [0.29, 0.717) is 0 Å². The molecule has 1 heterocycles. The predicted octanol–water partition coefficient (Wildman–Crippen LogP) is 13.0. The summed E-state index contributed by atoms with van der Waals surface area (Å²) in [4.78, 5) is 0. The molecule has 0 aliphatic carbocycles. The molecule has 0 unspecified atom stereocenters. The second-order valence-corrected chi connectivity index (χ2v) is 12.7. The minimum absolute atomic E-state index is 0. The second-order valence-electron chi connectivity index (χ2n) is 12.7. The first-order valence-electron chi connectivity index (χ1n) is 17.8. The van der Waals surface area contributed by atoms with Crippen LogP contribution in [-0.4, -0.2) is 4.70 Å². The summed E-state index contributed by atoms with van der Waals surface area (Å²) in [5.41, 5.74) is 19.9. The SMILES string of the molecule is CCCCCCCCC1=C(c2cccc(CCCCCCCC)c2)[N+](=[N-])C(c2cccc(CCCCCCCC)c2)=C1.[Ni]. The molecule has 2 aromatic rings. The molecule has 0 saturated carbocycles. The first-order valence-corrected chi connectivity index (χ1v) is 17.8. The van der Waals surface area contributed by atoms with E-state index in [1.54, 1.807) is 0 Å². The monoisotopic (exact) mass is 626 g/mol. The van der Waals surface area contributed by atoms with E-state index in [1.165, 1.54) is 137 Å². The summed E-state index contributed by atoms with van der Waals surface area (Å²) >= 11 is 0. The van der Waals surface area contributed by atoms with Crippen molar-refractivity contribution in [1.29, 1.82) is 0 Å². The third-order valence-electron chi connectivity index (χ3n) is 8.92. The molecular formula is C40H60N2Ni. The maximum atomic E-state index is 11.7. The van der Waals surface area contributed by atoms with E-state index >= 15 is 0 Å². The molecule has 0 amide bonds. The van der Waals surface area contributed by atoms with E-state index in [4.69, 9.17) is 0 Å². The topological polar surface area (TPSA) is 25.3 Å². The Bertz CT molecular complexity index is 1130. The van der Waals surface area contributed by atoms with E-state index < -0.39 is 0 Å². The van der Waals surface area contributed by atoms with Crippen molar-refractivity contribution in [2.24, 2.45) is 0 Å². The van der Waals surface area contributed by atoms with Crippen LogP contribution in [0.25, 0.3) is 16.9 Å². The summed E-state index contributed by atoms with van der Waals surface area (Å²) in [7, 11) is 0. The van der Waals surface area contributed by atoms with Crippen LogP contribution in [0, 0.1) is 0 Å². The minimum atomic E-state index is 0. The zero-order valence-electron chi connectivity index (χ0n) is 27.8. The summed E-state index contributed by atoms with van der Waals surface area (Å²) in [6, 6.07) is 17.9. The molecule has 1 aliphatic heterocycles. The summed E-state index contributed by atoms with van der Waals surface area (Å²) in [5.74, 6) is 0. The Morgan fingerprint density at radius 1 is 0.512 bits per heavy atom. The Labute approximate surface area is 275 Å². The Morgan fingerprint density at radius 2 is 0.930 bits per heavy atom. The normalized spacial score (nSPS) is 13.0. The Morgan fingerprint density at radius 3 is 1.44 bits per heavy atom. The molecule has 2 nitrogen and oxygen atoms in total. The molecule has 0 saturated heterocycles. The molecule has 1 aliphatic rings. The number of unbranched alkanes of at least 4 members (excludes halogenated alkanes) is 15. The molecule has 0 atom stereocenters. The largest absolute Gasteiger partial charge is 0.493 e. The Hall–Kier alpha value is -1.99. The van der Waals surface area contributed by atoms with Gasteiger partial charge in [-0.05, 0) is 73.9 Å². The number of benzene rings is 2. The van der Waals surface area contributed by atoms with Gasteiger partial charge in [0.2, 0.25) is 11.4 Å². The second kappa shape index (κ2) is 22.5. The molecule has 240 valence electrons. The standard InChI is InChI=1S/C40H60N2.Ni/c1-4-7-10-13-16-19-24-34-26-22-29-36(31-34)39-33-38(28-21-18-15-12-9-6-3)40(42(39)41)37-30-23-27-35(32-37)25-20-17-14-11-8-5-2;/h22-23,26-27,29-33H,4-21,24-25,28H2,1-3H3;. The first kappa shape index (κ1) is 37.2. The van der Waals surface area contributed by atoms with Crippen molar-refractivity contribution in [2.45, 2.75) is 156 Å². The van der Waals surface area contributed by atoms with Crippen molar-refractivity contribution in [3.05, 3.63) is 88.0 Å². The Balaban J connectivity index is 0.00000645. The van der Waals surface area contributed by atoms with Crippen LogP contribution in [0.15, 0.2) is 60.2 Å². The van der Waals surface area contributed by atoms with Gasteiger partial charge in [-0.25, -0.2) is 4.70 Å². The van der Waals surface area contributed by atoms with Gasteiger partial charge in [-0.3, -0.25) is 0 Å². The number of hydrogen-bond donors (Lipinski definition) is 0. The van der Waals surface area contributed by atoms with E-state index in [9.17, 15) is 5.53 Å². The molecule has 0 spiro atoms. The number of hydrogen-bond acceptors (Lipinski definition) is 0. The van der Waals surface area contributed by atoms with E-state index in [1.807, 2.05) is 0 Å². The zero-order chi connectivity index (χ0) is 29.8. The van der Waals surface area contributed by atoms with Gasteiger partial charge < -0.3 is 5.53 Å². The van der Waals surface area contributed by atoms with Crippen LogP contribution in [0.1, 0.15) is 165 Å². The van der Waals surface area contributed by atoms with Gasteiger partial charge in [-0.15, -0.1) is 0 Å². The minimum Gasteiger partial charge on any atom is -0.493 e. The van der Waals surface area contributed by atoms with Gasteiger partial charge in [0, 0.05) is 39.3 Å². The van der Waals surface area contributed by atoms with Gasteiger partial charge in [-0.2, -0.15) is 0 Å². The molecule has 0 radical (unpaired) electrons. The zero-order valence-corrected chi connectivity index (χ0v) is 28.7. The van der Waals surface area contributed by atoms with Crippen molar-refractivity contribution in [2.75, 3.05) is 0 Å². The predicted molar refractivity (Wildman–Crippen MR) is 184 cm³/mol. The molecule has 0 fully saturated rings. The molecule has 0 bridgehead atoms. The van der Waals surface area contributed by atoms with Crippen LogP contribution < -0.4 is 0 Å². The Kier molecular flexibility index (Phi) is 19.5. The smallest absolute Gasteiger partial charge is 0.210 e. The fraction of sp³-hybridized carbons (Fsp3) is 0.600. The molecular weight excluding hydrogens is 567 g/mol. The fourth-order valence-corrected chi connectivity index (χ4v) is 6.33. The van der Waals surface area contributed by atoms with Crippen molar-refractivity contribution < 1.29 is 21.2 Å². The van der Waals surface area contributed by atoms with E-state index in [0.717, 1.165) is 41.8 Å². The third-order valence-corrected chi connectivity index (χ3v) is 8.92. The third kappa shape index (κ3) is 13.3. The quantitative estimate of drug-likeness (QED) is 0.0666. The fourth-order valence-electron chi connectivity index (χ4n) is 6.33. The molecule has 3 heteroatoms. The molecule has 43 heavy (non-hydrogen) atoms. The number of nitrogens with zero attached hydrogens (tertiary/aromatic N) is 2. The maximum absolute atomic E-state index is 11.7. The summed E-state index contributed by atoms with van der Waals surface area (Å²) < 4.78 is 1.50. The van der Waals surface area contributed by atoms with Crippen LogP contribution in [-0.2, 0) is 29.3 Å². The summed E-state index contributed by atoms with van der Waals surface area (Å²) in [6.45, 7) is 6.84. The van der Waals surface area contributed by atoms with Crippen LogP contribution >= 0.6 is 0 Å². The van der Waals surface area contributed by atoms with Gasteiger partial charge >= 0.3 is 0 Å². The molecule has 2 aromatic carbocycles. The van der Waals surface area contributed by atoms with E-state index in [2.05, 4.69) is 75.4 Å². The summed E-state index contributed by atoms with van der Waals surface area (Å²) in [5, 5.41) is 0. The van der Waals surface area contributed by atoms with Crippen molar-refractivity contribution in [3.63, 3.8) is 0 Å². The van der Waals surface area contributed by atoms with Crippen LogP contribution in [0.5, 0.6) is 0 Å². The van der Waals surface area contributed by atoms with Gasteiger partial charge in [0.05, 0.1) is 0 Å². The molecule has 0 N–H and O–H groups in total. The first-order chi connectivity index (χ1) is 20.7. The average Bonchev–Trinajstić information content (AvgIpc) is 3.34. The number of aryl methyl sites for hydroxylation is 2. The van der Waals surface area contributed by atoms with Crippen LogP contribution in [0.4, 0.5) is 0 Å². The van der Waals surface area contributed by atoms with Gasteiger partial charge in [0.1, 0.15) is 0 Å². The average molecular weight is 628 g/mol. The van der Waals surface area contributed by atoms with Crippen molar-refractivity contribution in [1.82, 2.24) is 0 Å². The van der Waals surface area contributed by atoms with Gasteiger partial charge in [0.15, 0.2) is 0 Å². The van der Waals surface area contributed by atoms with Crippen molar-refractivity contribution >= 4 is 11.4 Å². The summed E-state index contributed by atoms with van der Waals surface area (Å²) in [6.07, 6.45) is 29.0. The number of allylic oxidation sites excluding steroid dienone is 2. The molecule has 3 rings (SSSR count). The van der Waals surface area contributed by atoms with Gasteiger partial charge in [-0.1, -0.05) is 141 Å². The van der Waals surface area contributed by atoms with Crippen LogP contribution in [0.3, 0.4) is 0 Å². The molecule has 0 aromatic heterocycles. The number of rotatable bonds is 23. The maximum Gasteiger partial charge on any atom is 0.210 e. The van der Waals surface area contributed by atoms with Crippen molar-refractivity contribution in [3.8, 4) is 0 Å².